The fourth-order valence-corrected chi connectivity index (χ4v) is 3.60. The number of hydrogen-bond donors (Lipinski definition) is 1. The second-order valence-electron chi connectivity index (χ2n) is 4.89. The minimum absolute atomic E-state index is 0.0357. The molecule has 1 fully saturated rings. The van der Waals surface area contributed by atoms with Gasteiger partial charge in [-0.15, -0.1) is 11.8 Å². The van der Waals surface area contributed by atoms with E-state index in [2.05, 4.69) is 0 Å². The van der Waals surface area contributed by atoms with Crippen molar-refractivity contribution in [3.8, 4) is 0 Å². The van der Waals surface area contributed by atoms with Crippen LogP contribution in [0.5, 0.6) is 0 Å². The van der Waals surface area contributed by atoms with Crippen molar-refractivity contribution in [1.29, 1.82) is 0 Å². The number of carbonyl (C=O) groups excluding carboxylic acids is 1. The Morgan fingerprint density at radius 2 is 1.85 bits per heavy atom. The van der Waals surface area contributed by atoms with E-state index < -0.39 is 0 Å². The zero-order chi connectivity index (χ0) is 14.1. The van der Waals surface area contributed by atoms with E-state index in [9.17, 15) is 4.79 Å². The number of amides is 1. The average Bonchev–Trinajstić information content (AvgIpc) is 2.82. The van der Waals surface area contributed by atoms with Gasteiger partial charge in [-0.05, 0) is 25.1 Å². The fraction of sp³-hybridized carbons (Fsp3) is 0.188. The standard InChI is InChI=1S/C16H16N2OS/c1-11-6-8-12(9-7-11)18-15(19)10-20-16(18)13-4-2-3-5-14(13)17/h2-9,16H,10,17H2,1H3. The summed E-state index contributed by atoms with van der Waals surface area (Å²) in [5, 5.41) is -0.0357. The number of benzene rings is 2. The number of nitrogens with two attached hydrogens (primary N) is 1. The Bertz CT molecular complexity index is 639. The van der Waals surface area contributed by atoms with Crippen LogP contribution >= 0.6 is 11.8 Å². The summed E-state index contributed by atoms with van der Waals surface area (Å²) in [5.74, 6) is 0.625. The molecule has 0 saturated carbocycles. The third kappa shape index (κ3) is 2.27. The summed E-state index contributed by atoms with van der Waals surface area (Å²) in [6, 6.07) is 15.8. The SMILES string of the molecule is Cc1ccc(N2C(=O)CSC2c2ccccc2N)cc1. The fourth-order valence-electron chi connectivity index (χ4n) is 2.37. The van der Waals surface area contributed by atoms with Gasteiger partial charge in [0.15, 0.2) is 0 Å². The minimum atomic E-state index is -0.0357. The Hall–Kier alpha value is -1.94. The number of rotatable bonds is 2. The van der Waals surface area contributed by atoms with Crippen LogP contribution in [0.15, 0.2) is 48.5 Å². The average molecular weight is 284 g/mol. The van der Waals surface area contributed by atoms with Gasteiger partial charge in [-0.25, -0.2) is 0 Å². The largest absolute Gasteiger partial charge is 0.398 e. The van der Waals surface area contributed by atoms with E-state index in [1.165, 1.54) is 5.56 Å². The van der Waals surface area contributed by atoms with Crippen molar-refractivity contribution < 1.29 is 4.79 Å². The molecule has 1 unspecified atom stereocenters. The first kappa shape index (κ1) is 13.1. The van der Waals surface area contributed by atoms with Crippen LogP contribution in [0.1, 0.15) is 16.5 Å². The summed E-state index contributed by atoms with van der Waals surface area (Å²) in [5.41, 5.74) is 9.91. The van der Waals surface area contributed by atoms with Gasteiger partial charge in [-0.3, -0.25) is 9.69 Å². The first-order valence-corrected chi connectivity index (χ1v) is 7.56. The molecule has 3 nitrogen and oxygen atoms in total. The number of para-hydroxylation sites is 1. The maximum atomic E-state index is 12.2. The number of thioether (sulfide) groups is 1. The lowest BCUT2D eigenvalue weighted by atomic mass is 10.1. The van der Waals surface area contributed by atoms with Crippen LogP contribution in [0.3, 0.4) is 0 Å². The summed E-state index contributed by atoms with van der Waals surface area (Å²) < 4.78 is 0. The Labute approximate surface area is 122 Å². The molecule has 0 bridgehead atoms. The van der Waals surface area contributed by atoms with E-state index in [1.54, 1.807) is 11.8 Å². The highest BCUT2D eigenvalue weighted by atomic mass is 32.2. The van der Waals surface area contributed by atoms with Gasteiger partial charge in [0.2, 0.25) is 5.91 Å². The Kier molecular flexibility index (Phi) is 3.40. The topological polar surface area (TPSA) is 46.3 Å². The molecule has 3 rings (SSSR count). The maximum Gasteiger partial charge on any atom is 0.238 e. The molecule has 0 aromatic heterocycles. The Morgan fingerprint density at radius 3 is 2.55 bits per heavy atom. The smallest absolute Gasteiger partial charge is 0.238 e. The van der Waals surface area contributed by atoms with E-state index in [0.717, 1.165) is 16.9 Å². The first-order valence-electron chi connectivity index (χ1n) is 6.51. The van der Waals surface area contributed by atoms with E-state index in [4.69, 9.17) is 5.73 Å². The zero-order valence-electron chi connectivity index (χ0n) is 11.2. The van der Waals surface area contributed by atoms with Gasteiger partial charge >= 0.3 is 0 Å². The van der Waals surface area contributed by atoms with Crippen molar-refractivity contribution in [2.75, 3.05) is 16.4 Å². The number of nitrogens with zero attached hydrogens (tertiary/aromatic N) is 1. The molecule has 102 valence electrons. The highest BCUT2D eigenvalue weighted by Gasteiger charge is 2.34. The van der Waals surface area contributed by atoms with Gasteiger partial charge in [-0.1, -0.05) is 35.9 Å². The summed E-state index contributed by atoms with van der Waals surface area (Å²) in [4.78, 5) is 14.1. The lowest BCUT2D eigenvalue weighted by Crippen LogP contribution is -2.28. The maximum absolute atomic E-state index is 12.2. The van der Waals surface area contributed by atoms with Gasteiger partial charge < -0.3 is 5.73 Å². The Balaban J connectivity index is 2.01. The van der Waals surface area contributed by atoms with Gasteiger partial charge in [0.25, 0.3) is 0 Å². The highest BCUT2D eigenvalue weighted by molar-refractivity contribution is 8.00. The molecule has 1 saturated heterocycles. The molecule has 0 radical (unpaired) electrons. The minimum Gasteiger partial charge on any atom is -0.398 e. The molecule has 20 heavy (non-hydrogen) atoms. The van der Waals surface area contributed by atoms with Crippen LogP contribution in [0, 0.1) is 6.92 Å². The third-order valence-electron chi connectivity index (χ3n) is 3.44. The molecule has 2 N–H and O–H groups in total. The predicted octanol–water partition coefficient (Wildman–Crippen LogP) is 3.36. The number of anilines is 2. The van der Waals surface area contributed by atoms with Gasteiger partial charge in [0, 0.05) is 16.9 Å². The molecule has 2 aromatic rings. The van der Waals surface area contributed by atoms with Crippen LogP contribution in [0.2, 0.25) is 0 Å². The van der Waals surface area contributed by atoms with E-state index >= 15 is 0 Å². The summed E-state index contributed by atoms with van der Waals surface area (Å²) in [6.07, 6.45) is 0. The van der Waals surface area contributed by atoms with Crippen molar-refractivity contribution in [3.63, 3.8) is 0 Å². The van der Waals surface area contributed by atoms with Crippen LogP contribution in [0.4, 0.5) is 11.4 Å². The van der Waals surface area contributed by atoms with Crippen LogP contribution in [-0.4, -0.2) is 11.7 Å². The van der Waals surface area contributed by atoms with E-state index in [-0.39, 0.29) is 11.3 Å². The number of hydrogen-bond acceptors (Lipinski definition) is 3. The van der Waals surface area contributed by atoms with Crippen LogP contribution in [0.25, 0.3) is 0 Å². The van der Waals surface area contributed by atoms with Crippen molar-refractivity contribution in [2.45, 2.75) is 12.3 Å². The second kappa shape index (κ2) is 5.21. The lowest BCUT2D eigenvalue weighted by Gasteiger charge is -2.25. The van der Waals surface area contributed by atoms with Crippen molar-refractivity contribution in [2.24, 2.45) is 0 Å². The molecule has 1 aliphatic rings. The summed E-state index contributed by atoms with van der Waals surface area (Å²) in [6.45, 7) is 2.04. The van der Waals surface area contributed by atoms with E-state index in [1.807, 2.05) is 60.4 Å². The highest BCUT2D eigenvalue weighted by Crippen LogP contribution is 2.43. The molecule has 4 heteroatoms. The van der Waals surface area contributed by atoms with Crippen LogP contribution < -0.4 is 10.6 Å². The van der Waals surface area contributed by atoms with Gasteiger partial charge in [0.1, 0.15) is 5.37 Å². The molecule has 0 aliphatic carbocycles. The Morgan fingerprint density at radius 1 is 1.15 bits per heavy atom. The molecular weight excluding hydrogens is 268 g/mol. The quantitative estimate of drug-likeness (QED) is 0.860. The zero-order valence-corrected chi connectivity index (χ0v) is 12.1. The van der Waals surface area contributed by atoms with E-state index in [0.29, 0.717) is 5.75 Å². The molecule has 1 aliphatic heterocycles. The molecule has 0 spiro atoms. The monoisotopic (exact) mass is 284 g/mol. The number of carbonyl (C=O) groups is 1. The molecule has 1 atom stereocenters. The first-order chi connectivity index (χ1) is 9.66. The van der Waals surface area contributed by atoms with Crippen molar-refractivity contribution >= 4 is 29.0 Å². The van der Waals surface area contributed by atoms with Gasteiger partial charge in [-0.2, -0.15) is 0 Å². The van der Waals surface area contributed by atoms with Gasteiger partial charge in [0.05, 0.1) is 5.75 Å². The molecule has 2 aromatic carbocycles. The number of aryl methyl sites for hydroxylation is 1. The second-order valence-corrected chi connectivity index (χ2v) is 5.96. The van der Waals surface area contributed by atoms with Crippen LogP contribution in [-0.2, 0) is 4.79 Å². The lowest BCUT2D eigenvalue weighted by molar-refractivity contribution is -0.115. The summed E-state index contributed by atoms with van der Waals surface area (Å²) in [7, 11) is 0. The van der Waals surface area contributed by atoms with Crippen molar-refractivity contribution in [1.82, 2.24) is 0 Å². The van der Waals surface area contributed by atoms with Crippen molar-refractivity contribution in [3.05, 3.63) is 59.7 Å². The number of nitrogen functional groups attached to an aromatic ring is 1. The molecule has 1 amide bonds. The predicted molar refractivity (Wildman–Crippen MR) is 84.7 cm³/mol. The normalized spacial score (nSPS) is 18.6. The third-order valence-corrected chi connectivity index (χ3v) is 4.64. The molecule has 1 heterocycles. The molecular formula is C16H16N2OS. The summed E-state index contributed by atoms with van der Waals surface area (Å²) >= 11 is 1.62.